The van der Waals surface area contributed by atoms with Crippen molar-refractivity contribution in [3.63, 3.8) is 0 Å². The first-order valence-corrected chi connectivity index (χ1v) is 11.3. The molecule has 0 aliphatic rings. The van der Waals surface area contributed by atoms with Crippen molar-refractivity contribution in [3.8, 4) is 28.6 Å². The van der Waals surface area contributed by atoms with Crippen molar-refractivity contribution >= 4 is 17.5 Å². The number of carbonyl (C=O) groups excluding carboxylic acids is 1. The van der Waals surface area contributed by atoms with Crippen LogP contribution in [0, 0.1) is 19.8 Å². The van der Waals surface area contributed by atoms with Gasteiger partial charge in [0.1, 0.15) is 25.1 Å². The normalized spacial score (nSPS) is 12.1. The Labute approximate surface area is 203 Å². The first-order valence-electron chi connectivity index (χ1n) is 11.0. The van der Waals surface area contributed by atoms with Crippen LogP contribution in [0.2, 0.25) is 5.02 Å². The van der Waals surface area contributed by atoms with Gasteiger partial charge in [0.2, 0.25) is 11.7 Å². The van der Waals surface area contributed by atoms with Gasteiger partial charge in [-0.2, -0.15) is 4.98 Å². The molecule has 0 radical (unpaired) electrons. The molecule has 2 heterocycles. The molecule has 3 rings (SSSR count). The summed E-state index contributed by atoms with van der Waals surface area (Å²) in [6.07, 6.45) is -0.108. The standard InChI is InChI=1S/C24H29ClN4O5/c1-13(2)5-18-8-17(7-15(4)27-18)24-28-23(29-34-24)16-6-14(3)22(20(25)9-16)33-12-19(31)10-26-21(32)11-30/h6-9,13,19,30-31H,5,10-12H2,1-4H3,(H,26,32). The summed E-state index contributed by atoms with van der Waals surface area (Å²) >= 11 is 6.43. The zero-order valence-corrected chi connectivity index (χ0v) is 20.4. The minimum atomic E-state index is -0.963. The number of benzene rings is 1. The molecule has 0 bridgehead atoms. The molecule has 0 spiro atoms. The summed E-state index contributed by atoms with van der Waals surface area (Å²) in [6.45, 7) is 7.26. The maximum Gasteiger partial charge on any atom is 0.258 e. The molecule has 1 amide bonds. The molecule has 34 heavy (non-hydrogen) atoms. The van der Waals surface area contributed by atoms with Gasteiger partial charge in [-0.25, -0.2) is 0 Å². The summed E-state index contributed by atoms with van der Waals surface area (Å²) in [5.41, 5.74) is 4.05. The van der Waals surface area contributed by atoms with Crippen LogP contribution in [0.25, 0.3) is 22.8 Å². The van der Waals surface area contributed by atoms with E-state index in [1.807, 2.05) is 32.0 Å². The van der Waals surface area contributed by atoms with Crippen LogP contribution in [0.3, 0.4) is 0 Å². The van der Waals surface area contributed by atoms with Crippen LogP contribution < -0.4 is 10.1 Å². The lowest BCUT2D eigenvalue weighted by Gasteiger charge is -2.16. The number of hydrogen-bond acceptors (Lipinski definition) is 8. The molecular formula is C24H29ClN4O5. The van der Waals surface area contributed by atoms with Crippen LogP contribution in [0.4, 0.5) is 0 Å². The predicted octanol–water partition coefficient (Wildman–Crippen LogP) is 3.12. The number of hydrogen-bond donors (Lipinski definition) is 3. The van der Waals surface area contributed by atoms with Crippen molar-refractivity contribution in [1.82, 2.24) is 20.4 Å². The minimum Gasteiger partial charge on any atom is -0.489 e. The Bertz CT molecular complexity index is 1130. The van der Waals surface area contributed by atoms with Crippen molar-refractivity contribution in [3.05, 3.63) is 46.2 Å². The fourth-order valence-electron chi connectivity index (χ4n) is 3.41. The fraction of sp³-hybridized carbons (Fsp3) is 0.417. The van der Waals surface area contributed by atoms with Gasteiger partial charge in [0.05, 0.1) is 5.02 Å². The summed E-state index contributed by atoms with van der Waals surface area (Å²) < 4.78 is 11.2. The second-order valence-corrected chi connectivity index (χ2v) is 8.95. The first-order chi connectivity index (χ1) is 16.2. The highest BCUT2D eigenvalue weighted by atomic mass is 35.5. The number of aromatic nitrogens is 3. The van der Waals surface area contributed by atoms with E-state index in [0.29, 0.717) is 34.0 Å². The summed E-state index contributed by atoms with van der Waals surface area (Å²) in [5.74, 6) is 1.09. The van der Waals surface area contributed by atoms with Crippen molar-refractivity contribution in [2.75, 3.05) is 19.8 Å². The van der Waals surface area contributed by atoms with Gasteiger partial charge in [-0.05, 0) is 56.0 Å². The average molecular weight is 489 g/mol. The smallest absolute Gasteiger partial charge is 0.258 e. The number of aliphatic hydroxyl groups is 2. The summed E-state index contributed by atoms with van der Waals surface area (Å²) in [5, 5.41) is 25.5. The van der Waals surface area contributed by atoms with Crippen LogP contribution in [-0.2, 0) is 11.2 Å². The Hall–Kier alpha value is -3.01. The van der Waals surface area contributed by atoms with Crippen molar-refractivity contribution < 1.29 is 24.3 Å². The number of nitrogens with one attached hydrogen (secondary N) is 1. The Morgan fingerprint density at radius 1 is 1.18 bits per heavy atom. The van der Waals surface area contributed by atoms with Crippen molar-refractivity contribution in [2.24, 2.45) is 5.92 Å². The van der Waals surface area contributed by atoms with Crippen LogP contribution in [0.5, 0.6) is 5.75 Å². The SMILES string of the molecule is Cc1cc(-c2nc(-c3cc(C)c(OCC(O)CNC(=O)CO)c(Cl)c3)no2)cc(CC(C)C)n1. The number of pyridine rings is 1. The summed E-state index contributed by atoms with van der Waals surface area (Å²) in [4.78, 5) is 20.2. The van der Waals surface area contributed by atoms with Gasteiger partial charge in [-0.15, -0.1) is 0 Å². The zero-order chi connectivity index (χ0) is 24.8. The van der Waals surface area contributed by atoms with E-state index in [-0.39, 0.29) is 13.2 Å². The van der Waals surface area contributed by atoms with E-state index in [4.69, 9.17) is 26.0 Å². The van der Waals surface area contributed by atoms with Crippen LogP contribution in [-0.4, -0.2) is 57.1 Å². The number of carbonyl (C=O) groups is 1. The van der Waals surface area contributed by atoms with E-state index in [1.165, 1.54) is 0 Å². The van der Waals surface area contributed by atoms with Crippen LogP contribution in [0.15, 0.2) is 28.8 Å². The topological polar surface area (TPSA) is 131 Å². The third-order valence-corrected chi connectivity index (χ3v) is 5.16. The average Bonchev–Trinajstić information content (AvgIpc) is 3.26. The van der Waals surface area contributed by atoms with Crippen molar-refractivity contribution in [1.29, 1.82) is 0 Å². The number of ether oxygens (including phenoxy) is 1. The minimum absolute atomic E-state index is 0.0485. The molecule has 1 unspecified atom stereocenters. The molecule has 9 nitrogen and oxygen atoms in total. The lowest BCUT2D eigenvalue weighted by atomic mass is 10.1. The van der Waals surface area contributed by atoms with Gasteiger partial charge in [-0.1, -0.05) is 30.6 Å². The molecule has 3 N–H and O–H groups in total. The molecule has 3 aromatic rings. The van der Waals surface area contributed by atoms with Gasteiger partial charge < -0.3 is 24.8 Å². The first kappa shape index (κ1) is 25.6. The molecule has 182 valence electrons. The molecule has 2 aromatic heterocycles. The van der Waals surface area contributed by atoms with Gasteiger partial charge in [0.25, 0.3) is 5.89 Å². The van der Waals surface area contributed by atoms with Gasteiger partial charge >= 0.3 is 0 Å². The number of nitrogens with zero attached hydrogens (tertiary/aromatic N) is 3. The molecular weight excluding hydrogens is 460 g/mol. The molecule has 0 saturated carbocycles. The van der Waals surface area contributed by atoms with Crippen LogP contribution >= 0.6 is 11.6 Å². The van der Waals surface area contributed by atoms with Gasteiger partial charge in [0, 0.05) is 29.1 Å². The molecule has 0 aliphatic heterocycles. The highest BCUT2D eigenvalue weighted by Crippen LogP contribution is 2.34. The maximum atomic E-state index is 11.1. The lowest BCUT2D eigenvalue weighted by Crippen LogP contribution is -2.36. The Morgan fingerprint density at radius 3 is 2.62 bits per heavy atom. The number of halogens is 1. The monoisotopic (exact) mass is 488 g/mol. The quantitative estimate of drug-likeness (QED) is 0.396. The Kier molecular flexibility index (Phi) is 8.60. The van der Waals surface area contributed by atoms with E-state index >= 15 is 0 Å². The lowest BCUT2D eigenvalue weighted by molar-refractivity contribution is -0.124. The third-order valence-electron chi connectivity index (χ3n) is 4.88. The van der Waals surface area contributed by atoms with E-state index in [1.54, 1.807) is 6.07 Å². The number of aryl methyl sites for hydroxylation is 2. The highest BCUT2D eigenvalue weighted by molar-refractivity contribution is 6.32. The van der Waals surface area contributed by atoms with E-state index < -0.39 is 18.6 Å². The highest BCUT2D eigenvalue weighted by Gasteiger charge is 2.17. The van der Waals surface area contributed by atoms with E-state index in [9.17, 15) is 9.90 Å². The van der Waals surface area contributed by atoms with E-state index in [2.05, 4.69) is 34.3 Å². The summed E-state index contributed by atoms with van der Waals surface area (Å²) in [7, 11) is 0. The van der Waals surface area contributed by atoms with E-state index in [0.717, 1.165) is 28.9 Å². The van der Waals surface area contributed by atoms with Gasteiger partial charge in [0.15, 0.2) is 0 Å². The molecule has 1 aromatic carbocycles. The maximum absolute atomic E-state index is 11.1. The van der Waals surface area contributed by atoms with Crippen LogP contribution in [0.1, 0.15) is 30.8 Å². The second kappa shape index (κ2) is 11.4. The zero-order valence-electron chi connectivity index (χ0n) is 19.6. The predicted molar refractivity (Wildman–Crippen MR) is 128 cm³/mol. The molecule has 0 fully saturated rings. The molecule has 1 atom stereocenters. The van der Waals surface area contributed by atoms with Gasteiger partial charge in [-0.3, -0.25) is 9.78 Å². The summed E-state index contributed by atoms with van der Waals surface area (Å²) in [6, 6.07) is 7.36. The number of amides is 1. The number of rotatable bonds is 10. The largest absolute Gasteiger partial charge is 0.489 e. The molecule has 0 aliphatic carbocycles. The number of aliphatic hydroxyl groups excluding tert-OH is 2. The Balaban J connectivity index is 1.75. The van der Waals surface area contributed by atoms with Crippen molar-refractivity contribution in [2.45, 2.75) is 40.2 Å². The molecule has 0 saturated heterocycles. The Morgan fingerprint density at radius 2 is 1.94 bits per heavy atom. The molecule has 10 heteroatoms. The third kappa shape index (κ3) is 6.75. The fourth-order valence-corrected chi connectivity index (χ4v) is 3.73. The second-order valence-electron chi connectivity index (χ2n) is 8.54.